The summed E-state index contributed by atoms with van der Waals surface area (Å²) >= 11 is 0. The van der Waals surface area contributed by atoms with Gasteiger partial charge in [-0.1, -0.05) is 42.5 Å². The van der Waals surface area contributed by atoms with Crippen LogP contribution in [0.2, 0.25) is 0 Å². The standard InChI is InChI=1S/C31H37N5O5/c1-20-28(30(2,3)40)26(12-15-34-19-22(14-17-37)32-33-34)41-31(20)24-6-4-5-7-25(24)36(29(31)39)18-21-8-10-23(11-9-21)35-16-13-27(35)38/h4-11,19-20,26,28,37,40H,12-18H2,1-3H3/t20-,26+,28-,31+/m0/s1. The maximum Gasteiger partial charge on any atom is 0.264 e. The minimum atomic E-state index is -1.22. The predicted octanol–water partition coefficient (Wildman–Crippen LogP) is 2.80. The summed E-state index contributed by atoms with van der Waals surface area (Å²) in [5.41, 5.74) is 1.85. The van der Waals surface area contributed by atoms with Crippen molar-refractivity contribution in [1.82, 2.24) is 15.0 Å². The average molecular weight is 560 g/mol. The van der Waals surface area contributed by atoms with E-state index in [1.807, 2.05) is 61.7 Å². The quantitative estimate of drug-likeness (QED) is 0.387. The highest BCUT2D eigenvalue weighted by atomic mass is 16.5. The molecule has 4 atom stereocenters. The summed E-state index contributed by atoms with van der Waals surface area (Å²) in [6, 6.07) is 15.6. The van der Waals surface area contributed by atoms with Crippen molar-refractivity contribution in [2.75, 3.05) is 23.0 Å². The first-order valence-electron chi connectivity index (χ1n) is 14.3. The molecule has 2 saturated heterocycles. The van der Waals surface area contributed by atoms with E-state index in [4.69, 9.17) is 4.74 Å². The maximum atomic E-state index is 14.5. The van der Waals surface area contributed by atoms with E-state index in [2.05, 4.69) is 10.3 Å². The van der Waals surface area contributed by atoms with Crippen LogP contribution in [0.4, 0.5) is 11.4 Å². The van der Waals surface area contributed by atoms with Gasteiger partial charge < -0.3 is 24.7 Å². The fourth-order valence-corrected chi connectivity index (χ4v) is 6.95. The Morgan fingerprint density at radius 1 is 1.12 bits per heavy atom. The third-order valence-electron chi connectivity index (χ3n) is 8.93. The molecule has 10 nitrogen and oxygen atoms in total. The highest BCUT2D eigenvalue weighted by molar-refractivity contribution is 6.07. The molecule has 0 saturated carbocycles. The number of ether oxygens (including phenoxy) is 1. The van der Waals surface area contributed by atoms with Crippen molar-refractivity contribution in [2.45, 2.75) is 70.4 Å². The number of hydrogen-bond donors (Lipinski definition) is 2. The van der Waals surface area contributed by atoms with E-state index in [-0.39, 0.29) is 30.3 Å². The van der Waals surface area contributed by atoms with Crippen LogP contribution in [0, 0.1) is 11.8 Å². The number of aliphatic hydroxyl groups is 2. The molecule has 0 aliphatic carbocycles. The van der Waals surface area contributed by atoms with Crippen molar-refractivity contribution in [3.05, 3.63) is 71.5 Å². The number of fused-ring (bicyclic) bond motifs is 2. The lowest BCUT2D eigenvalue weighted by Gasteiger charge is -2.34. The Labute approximate surface area is 239 Å². The Morgan fingerprint density at radius 3 is 2.54 bits per heavy atom. The number of carbonyl (C=O) groups excluding carboxylic acids is 2. The van der Waals surface area contributed by atoms with Gasteiger partial charge in [0.2, 0.25) is 5.91 Å². The van der Waals surface area contributed by atoms with Crippen molar-refractivity contribution >= 4 is 23.2 Å². The van der Waals surface area contributed by atoms with Crippen LogP contribution in [0.1, 0.15) is 50.4 Å². The van der Waals surface area contributed by atoms with E-state index in [0.717, 1.165) is 29.0 Å². The van der Waals surface area contributed by atoms with Gasteiger partial charge in [0.1, 0.15) is 0 Å². The van der Waals surface area contributed by atoms with Gasteiger partial charge in [-0.25, -0.2) is 0 Å². The lowest BCUT2D eigenvalue weighted by Crippen LogP contribution is -2.46. The van der Waals surface area contributed by atoms with Gasteiger partial charge in [0.15, 0.2) is 5.60 Å². The van der Waals surface area contributed by atoms with Gasteiger partial charge in [0.25, 0.3) is 5.91 Å². The van der Waals surface area contributed by atoms with E-state index >= 15 is 0 Å². The number of para-hydroxylation sites is 1. The maximum absolute atomic E-state index is 14.5. The largest absolute Gasteiger partial charge is 0.396 e. The number of rotatable bonds is 9. The number of aromatic nitrogens is 3. The zero-order valence-electron chi connectivity index (χ0n) is 23.7. The van der Waals surface area contributed by atoms with Crippen molar-refractivity contribution < 1.29 is 24.5 Å². The zero-order valence-corrected chi connectivity index (χ0v) is 23.7. The average Bonchev–Trinajstić information content (AvgIpc) is 3.58. The molecule has 0 radical (unpaired) electrons. The molecule has 2 amide bonds. The summed E-state index contributed by atoms with van der Waals surface area (Å²) < 4.78 is 8.55. The molecule has 3 aliphatic rings. The lowest BCUT2D eigenvalue weighted by molar-refractivity contribution is -0.146. The molecule has 41 heavy (non-hydrogen) atoms. The van der Waals surface area contributed by atoms with Gasteiger partial charge in [-0.05, 0) is 44.0 Å². The Morgan fingerprint density at radius 2 is 1.88 bits per heavy atom. The first-order valence-corrected chi connectivity index (χ1v) is 14.3. The molecule has 4 heterocycles. The van der Waals surface area contributed by atoms with Crippen LogP contribution >= 0.6 is 0 Å². The number of hydrogen-bond acceptors (Lipinski definition) is 7. The normalized spacial score (nSPS) is 25.7. The fourth-order valence-electron chi connectivity index (χ4n) is 6.95. The molecule has 0 unspecified atom stereocenters. The van der Waals surface area contributed by atoms with E-state index in [1.165, 1.54) is 0 Å². The number of amides is 2. The molecule has 1 spiro atoms. The topological polar surface area (TPSA) is 121 Å². The molecule has 3 aliphatic heterocycles. The van der Waals surface area contributed by atoms with Crippen LogP contribution in [0.5, 0.6) is 0 Å². The van der Waals surface area contributed by atoms with Crippen LogP contribution in [0.25, 0.3) is 0 Å². The number of anilines is 2. The zero-order chi connectivity index (χ0) is 28.9. The fraction of sp³-hybridized carbons (Fsp3) is 0.484. The predicted molar refractivity (Wildman–Crippen MR) is 152 cm³/mol. The number of β-lactam (4-membered cyclic amide) rings is 1. The van der Waals surface area contributed by atoms with Gasteiger partial charge in [-0.15, -0.1) is 5.10 Å². The molecular weight excluding hydrogens is 522 g/mol. The number of aryl methyl sites for hydroxylation is 1. The van der Waals surface area contributed by atoms with Gasteiger partial charge in [0, 0.05) is 61.8 Å². The summed E-state index contributed by atoms with van der Waals surface area (Å²) in [4.78, 5) is 29.9. The van der Waals surface area contributed by atoms with Crippen LogP contribution in [0.3, 0.4) is 0 Å². The third kappa shape index (κ3) is 4.64. The van der Waals surface area contributed by atoms with Crippen LogP contribution in [-0.2, 0) is 39.4 Å². The van der Waals surface area contributed by atoms with Crippen molar-refractivity contribution in [1.29, 1.82) is 0 Å². The van der Waals surface area contributed by atoms with Crippen molar-refractivity contribution in [2.24, 2.45) is 11.8 Å². The summed E-state index contributed by atoms with van der Waals surface area (Å²) in [6.07, 6.45) is 2.96. The molecule has 3 aromatic rings. The van der Waals surface area contributed by atoms with E-state index in [9.17, 15) is 19.8 Å². The van der Waals surface area contributed by atoms with Crippen LogP contribution in [-0.4, -0.2) is 61.9 Å². The van der Waals surface area contributed by atoms with Gasteiger partial charge in [-0.3, -0.25) is 14.3 Å². The van der Waals surface area contributed by atoms with Gasteiger partial charge >= 0.3 is 0 Å². The summed E-state index contributed by atoms with van der Waals surface area (Å²) in [6.45, 7) is 7.19. The second-order valence-corrected chi connectivity index (χ2v) is 12.0. The minimum absolute atomic E-state index is 0.00548. The Bertz CT molecular complexity index is 1450. The summed E-state index contributed by atoms with van der Waals surface area (Å²) in [7, 11) is 0. The molecule has 0 bridgehead atoms. The highest BCUT2D eigenvalue weighted by Gasteiger charge is 2.65. The highest BCUT2D eigenvalue weighted by Crippen LogP contribution is 2.57. The number of aliphatic hydroxyl groups excluding tert-OH is 1. The molecule has 6 rings (SSSR count). The number of nitrogens with zero attached hydrogens (tertiary/aromatic N) is 5. The molecule has 2 aromatic carbocycles. The van der Waals surface area contributed by atoms with E-state index in [0.29, 0.717) is 38.0 Å². The van der Waals surface area contributed by atoms with Crippen molar-refractivity contribution in [3.8, 4) is 0 Å². The minimum Gasteiger partial charge on any atom is -0.396 e. The second kappa shape index (κ2) is 10.3. The van der Waals surface area contributed by atoms with Crippen LogP contribution < -0.4 is 9.80 Å². The SMILES string of the molecule is C[C@H]1[C@H](C(C)(C)O)[C@@H](CCn2cc(CCO)nn2)O[C@]12C(=O)N(Cc1ccc(N3CCC3=O)cc1)c1ccccc12. The molecule has 2 N–H and O–H groups in total. The Kier molecular flexibility index (Phi) is 6.96. The number of carbonyl (C=O) groups is 2. The van der Waals surface area contributed by atoms with Crippen molar-refractivity contribution in [3.63, 3.8) is 0 Å². The molecule has 216 valence electrons. The smallest absolute Gasteiger partial charge is 0.264 e. The summed E-state index contributed by atoms with van der Waals surface area (Å²) in [5, 5.41) is 28.8. The first-order chi connectivity index (χ1) is 19.6. The first kappa shape index (κ1) is 27.6. The van der Waals surface area contributed by atoms with E-state index < -0.39 is 17.3 Å². The molecule has 2 fully saturated rings. The van der Waals surface area contributed by atoms with Crippen LogP contribution in [0.15, 0.2) is 54.7 Å². The molecule has 10 heteroatoms. The lowest BCUT2D eigenvalue weighted by atomic mass is 9.71. The summed E-state index contributed by atoms with van der Waals surface area (Å²) in [5.74, 6) is -0.614. The Balaban J connectivity index is 1.28. The molecular formula is C31H37N5O5. The van der Waals surface area contributed by atoms with Gasteiger partial charge in [0.05, 0.1) is 29.6 Å². The monoisotopic (exact) mass is 559 g/mol. The molecule has 1 aromatic heterocycles. The third-order valence-corrected chi connectivity index (χ3v) is 8.93. The number of benzene rings is 2. The van der Waals surface area contributed by atoms with Gasteiger partial charge in [-0.2, -0.15) is 0 Å². The second-order valence-electron chi connectivity index (χ2n) is 12.0. The van der Waals surface area contributed by atoms with E-state index in [1.54, 1.807) is 28.3 Å². The Hall–Kier alpha value is -3.60.